The van der Waals surface area contributed by atoms with Crippen LogP contribution in [0.5, 0.6) is 5.75 Å². The molecule has 0 saturated carbocycles. The van der Waals surface area contributed by atoms with Crippen molar-refractivity contribution in [3.05, 3.63) is 40.9 Å². The molecule has 0 bridgehead atoms. The number of hydrogen-bond acceptors (Lipinski definition) is 4. The van der Waals surface area contributed by atoms with Gasteiger partial charge in [0, 0.05) is 10.9 Å². The second-order valence-electron chi connectivity index (χ2n) is 6.18. The number of halogens is 2. The molecule has 0 aliphatic carbocycles. The lowest BCUT2D eigenvalue weighted by molar-refractivity contribution is -0.0340. The lowest BCUT2D eigenvalue weighted by Gasteiger charge is -2.34. The highest BCUT2D eigenvalue weighted by Gasteiger charge is 2.33. The Bertz CT molecular complexity index is 612. The van der Waals surface area contributed by atoms with Gasteiger partial charge in [0.25, 0.3) is 0 Å². The molecule has 0 amide bonds. The molecule has 120 valence electrons. The molecule has 7 heteroatoms. The van der Waals surface area contributed by atoms with Crippen LogP contribution in [0.25, 0.3) is 0 Å². The summed E-state index contributed by atoms with van der Waals surface area (Å²) in [5, 5.41) is 19.0. The summed E-state index contributed by atoms with van der Waals surface area (Å²) in [6.07, 6.45) is 2.18. The molecule has 1 heterocycles. The number of ether oxygens (including phenoxy) is 1. The third-order valence-corrected chi connectivity index (χ3v) is 4.06. The van der Waals surface area contributed by atoms with Gasteiger partial charge < -0.3 is 9.84 Å². The molecule has 0 aliphatic heterocycles. The predicted octanol–water partition coefficient (Wildman–Crippen LogP) is 3.82. The van der Waals surface area contributed by atoms with E-state index in [4.69, 9.17) is 27.9 Å². The summed E-state index contributed by atoms with van der Waals surface area (Å²) in [5.41, 5.74) is -0.192. The third kappa shape index (κ3) is 4.12. The second kappa shape index (κ2) is 6.86. The molecule has 1 N–H and O–H groups in total. The van der Waals surface area contributed by atoms with Crippen molar-refractivity contribution in [1.29, 1.82) is 0 Å². The molecule has 2 unspecified atom stereocenters. The molecular weight excluding hydrogens is 325 g/mol. The first kappa shape index (κ1) is 17.1. The van der Waals surface area contributed by atoms with Crippen LogP contribution in [0.2, 0.25) is 10.0 Å². The van der Waals surface area contributed by atoms with Gasteiger partial charge in [0.15, 0.2) is 0 Å². The van der Waals surface area contributed by atoms with Crippen molar-refractivity contribution in [3.8, 4) is 5.75 Å². The lowest BCUT2D eigenvalue weighted by Crippen LogP contribution is -2.34. The fraction of sp³-hybridized carbons (Fsp3) is 0.467. The van der Waals surface area contributed by atoms with Gasteiger partial charge in [-0.1, -0.05) is 44.0 Å². The van der Waals surface area contributed by atoms with Gasteiger partial charge in [-0.2, -0.15) is 0 Å². The first-order valence-corrected chi connectivity index (χ1v) is 7.64. The normalized spacial score (nSPS) is 14.6. The smallest absolute Gasteiger partial charge is 0.139 e. The summed E-state index contributed by atoms with van der Waals surface area (Å²) in [6, 6.07) is 5.06. The molecule has 2 rings (SSSR count). The minimum absolute atomic E-state index is 0.185. The first-order chi connectivity index (χ1) is 10.3. The highest BCUT2D eigenvalue weighted by molar-refractivity contribution is 6.35. The van der Waals surface area contributed by atoms with E-state index in [9.17, 15) is 5.11 Å². The Morgan fingerprint density at radius 3 is 2.41 bits per heavy atom. The summed E-state index contributed by atoms with van der Waals surface area (Å²) in [7, 11) is 0. The Morgan fingerprint density at radius 1 is 1.23 bits per heavy atom. The van der Waals surface area contributed by atoms with Crippen LogP contribution in [0, 0.1) is 11.3 Å². The van der Waals surface area contributed by atoms with E-state index >= 15 is 0 Å². The van der Waals surface area contributed by atoms with Crippen LogP contribution >= 0.6 is 23.2 Å². The van der Waals surface area contributed by atoms with Gasteiger partial charge in [-0.15, -0.1) is 10.2 Å². The van der Waals surface area contributed by atoms with Crippen LogP contribution in [0.1, 0.15) is 27.0 Å². The van der Waals surface area contributed by atoms with Gasteiger partial charge in [0.2, 0.25) is 0 Å². The van der Waals surface area contributed by atoms with Crippen LogP contribution in [0.15, 0.2) is 30.9 Å². The van der Waals surface area contributed by atoms with Crippen molar-refractivity contribution in [2.24, 2.45) is 11.3 Å². The van der Waals surface area contributed by atoms with Crippen molar-refractivity contribution < 1.29 is 9.84 Å². The van der Waals surface area contributed by atoms with Crippen LogP contribution in [-0.2, 0) is 0 Å². The van der Waals surface area contributed by atoms with Crippen molar-refractivity contribution in [3.63, 3.8) is 0 Å². The number of aliphatic hydroxyl groups is 1. The summed E-state index contributed by atoms with van der Waals surface area (Å²) >= 11 is 12.0. The van der Waals surface area contributed by atoms with Crippen molar-refractivity contribution in [1.82, 2.24) is 14.8 Å². The number of aromatic nitrogens is 3. The minimum atomic E-state index is -0.791. The fourth-order valence-electron chi connectivity index (χ4n) is 2.11. The average molecular weight is 344 g/mol. The van der Waals surface area contributed by atoms with E-state index in [0.717, 1.165) is 0 Å². The molecular formula is C15H19Cl2N3O2. The van der Waals surface area contributed by atoms with Gasteiger partial charge in [-0.3, -0.25) is 4.57 Å². The van der Waals surface area contributed by atoms with Crippen LogP contribution in [0.4, 0.5) is 0 Å². The van der Waals surface area contributed by atoms with Crippen LogP contribution < -0.4 is 4.74 Å². The highest BCUT2D eigenvalue weighted by Crippen LogP contribution is 2.35. The Balaban J connectivity index is 2.14. The summed E-state index contributed by atoms with van der Waals surface area (Å²) in [6.45, 7) is 6.42. The maximum atomic E-state index is 10.5. The zero-order chi connectivity index (χ0) is 16.3. The molecule has 0 spiro atoms. The molecule has 0 saturated heterocycles. The van der Waals surface area contributed by atoms with Gasteiger partial charge >= 0.3 is 0 Å². The number of benzene rings is 1. The first-order valence-electron chi connectivity index (χ1n) is 6.89. The van der Waals surface area contributed by atoms with E-state index in [2.05, 4.69) is 10.2 Å². The summed E-state index contributed by atoms with van der Waals surface area (Å²) < 4.78 is 7.35. The monoisotopic (exact) mass is 343 g/mol. The van der Waals surface area contributed by atoms with E-state index < -0.39 is 6.23 Å². The number of rotatable bonds is 5. The maximum Gasteiger partial charge on any atom is 0.139 e. The maximum absolute atomic E-state index is 10.5. The number of aliphatic hydroxyl groups excluding tert-OH is 1. The van der Waals surface area contributed by atoms with E-state index in [1.165, 1.54) is 12.7 Å². The van der Waals surface area contributed by atoms with E-state index in [1.807, 2.05) is 20.8 Å². The molecule has 1 aromatic carbocycles. The van der Waals surface area contributed by atoms with Crippen LogP contribution in [-0.4, -0.2) is 26.5 Å². The Kier molecular flexibility index (Phi) is 5.32. The largest absolute Gasteiger partial charge is 0.492 e. The van der Waals surface area contributed by atoms with E-state index in [0.29, 0.717) is 22.4 Å². The Morgan fingerprint density at radius 2 is 1.86 bits per heavy atom. The SMILES string of the molecule is CC(C)(C)C(COc1ccc(Cl)cc1Cl)C(O)n1cnnc1. The zero-order valence-electron chi connectivity index (χ0n) is 12.7. The molecule has 2 aromatic rings. The van der Waals surface area contributed by atoms with Crippen molar-refractivity contribution >= 4 is 23.2 Å². The summed E-state index contributed by atoms with van der Waals surface area (Å²) in [4.78, 5) is 0. The molecule has 0 aliphatic rings. The highest BCUT2D eigenvalue weighted by atomic mass is 35.5. The molecule has 0 fully saturated rings. The van der Waals surface area contributed by atoms with Gasteiger partial charge in [-0.05, 0) is 23.6 Å². The molecule has 2 atom stereocenters. The number of nitrogens with zero attached hydrogens (tertiary/aromatic N) is 3. The van der Waals surface area contributed by atoms with Crippen LogP contribution in [0.3, 0.4) is 0 Å². The quantitative estimate of drug-likeness (QED) is 0.896. The average Bonchev–Trinajstić information content (AvgIpc) is 2.93. The van der Waals surface area contributed by atoms with Crippen molar-refractivity contribution in [2.45, 2.75) is 27.0 Å². The minimum Gasteiger partial charge on any atom is -0.492 e. The Hall–Kier alpha value is -1.30. The molecule has 5 nitrogen and oxygen atoms in total. The number of hydrogen-bond donors (Lipinski definition) is 1. The van der Waals surface area contributed by atoms with Gasteiger partial charge in [0.05, 0.1) is 11.6 Å². The second-order valence-corrected chi connectivity index (χ2v) is 7.02. The Labute approximate surface area is 139 Å². The molecule has 22 heavy (non-hydrogen) atoms. The van der Waals surface area contributed by atoms with Crippen molar-refractivity contribution in [2.75, 3.05) is 6.61 Å². The third-order valence-electron chi connectivity index (χ3n) is 3.53. The van der Waals surface area contributed by atoms with Gasteiger partial charge in [0.1, 0.15) is 24.6 Å². The van der Waals surface area contributed by atoms with E-state index in [-0.39, 0.29) is 11.3 Å². The topological polar surface area (TPSA) is 60.2 Å². The van der Waals surface area contributed by atoms with E-state index in [1.54, 1.807) is 22.8 Å². The summed E-state index contributed by atoms with van der Waals surface area (Å²) in [5.74, 6) is 0.353. The molecule has 1 aromatic heterocycles. The predicted molar refractivity (Wildman–Crippen MR) is 86.2 cm³/mol. The standard InChI is InChI=1S/C15H19Cl2N3O2/c1-15(2,3)11(14(21)20-8-18-19-9-20)7-22-13-5-4-10(16)6-12(13)17/h4-6,8-9,11,14,21H,7H2,1-3H3. The zero-order valence-corrected chi connectivity index (χ0v) is 14.2. The fourth-order valence-corrected chi connectivity index (χ4v) is 2.57. The van der Waals surface area contributed by atoms with Gasteiger partial charge in [-0.25, -0.2) is 0 Å². The lowest BCUT2D eigenvalue weighted by atomic mass is 9.80. The molecule has 0 radical (unpaired) electrons.